The van der Waals surface area contributed by atoms with Crippen LogP contribution in [0.15, 0.2) is 0 Å². The van der Waals surface area contributed by atoms with Crippen molar-refractivity contribution in [3.63, 3.8) is 0 Å². The maximum absolute atomic E-state index is 12.3. The SMILES string of the molecule is CC(C)(C)OC1CC(C(F)(F)F)NC1=O. The molecule has 1 saturated heterocycles. The summed E-state index contributed by atoms with van der Waals surface area (Å²) in [4.78, 5) is 11.2. The Morgan fingerprint density at radius 1 is 1.33 bits per heavy atom. The number of rotatable bonds is 1. The standard InChI is InChI=1S/C9H14F3NO2/c1-8(2,3)15-5-4-6(9(10,11)12)13-7(5)14/h5-6H,4H2,1-3H3,(H,13,14). The van der Waals surface area contributed by atoms with Gasteiger partial charge in [0.15, 0.2) is 0 Å². The van der Waals surface area contributed by atoms with E-state index in [4.69, 9.17) is 4.74 Å². The number of hydrogen-bond donors (Lipinski definition) is 1. The molecule has 2 atom stereocenters. The van der Waals surface area contributed by atoms with Crippen LogP contribution >= 0.6 is 0 Å². The second-order valence-corrected chi connectivity index (χ2v) is 4.56. The van der Waals surface area contributed by atoms with E-state index in [0.29, 0.717) is 0 Å². The minimum atomic E-state index is -4.40. The molecule has 0 aromatic carbocycles. The summed E-state index contributed by atoms with van der Waals surface area (Å²) in [5, 5.41) is 1.88. The molecule has 1 amide bonds. The summed E-state index contributed by atoms with van der Waals surface area (Å²) in [6.45, 7) is 5.09. The van der Waals surface area contributed by atoms with Gasteiger partial charge in [0.1, 0.15) is 12.1 Å². The van der Waals surface area contributed by atoms with E-state index in [9.17, 15) is 18.0 Å². The Morgan fingerprint density at radius 3 is 2.20 bits per heavy atom. The fourth-order valence-corrected chi connectivity index (χ4v) is 1.39. The lowest BCUT2D eigenvalue weighted by atomic mass is 10.1. The van der Waals surface area contributed by atoms with E-state index in [2.05, 4.69) is 0 Å². The lowest BCUT2D eigenvalue weighted by Crippen LogP contribution is -2.39. The molecule has 1 fully saturated rings. The van der Waals surface area contributed by atoms with Crippen molar-refractivity contribution in [2.24, 2.45) is 0 Å². The van der Waals surface area contributed by atoms with Gasteiger partial charge in [0, 0.05) is 6.42 Å². The van der Waals surface area contributed by atoms with Crippen LogP contribution < -0.4 is 5.32 Å². The van der Waals surface area contributed by atoms with E-state index in [1.54, 1.807) is 20.8 Å². The van der Waals surface area contributed by atoms with Gasteiger partial charge in [0.05, 0.1) is 5.60 Å². The molecule has 3 nitrogen and oxygen atoms in total. The highest BCUT2D eigenvalue weighted by molar-refractivity contribution is 5.83. The second-order valence-electron chi connectivity index (χ2n) is 4.56. The Labute approximate surface area is 86.0 Å². The Balaban J connectivity index is 2.62. The predicted molar refractivity (Wildman–Crippen MR) is 47.2 cm³/mol. The third-order valence-electron chi connectivity index (χ3n) is 1.95. The maximum atomic E-state index is 12.3. The maximum Gasteiger partial charge on any atom is 0.408 e. The lowest BCUT2D eigenvalue weighted by molar-refractivity contribution is -0.156. The Kier molecular flexibility index (Phi) is 3.00. The highest BCUT2D eigenvalue weighted by Crippen LogP contribution is 2.29. The molecule has 1 heterocycles. The molecule has 0 aliphatic carbocycles. The van der Waals surface area contributed by atoms with Crippen LogP contribution in [0.1, 0.15) is 27.2 Å². The second kappa shape index (κ2) is 3.66. The van der Waals surface area contributed by atoms with Crippen molar-refractivity contribution in [2.75, 3.05) is 0 Å². The molecule has 1 rings (SSSR count). The molecule has 6 heteroatoms. The van der Waals surface area contributed by atoms with Crippen LogP contribution in [0, 0.1) is 0 Å². The van der Waals surface area contributed by atoms with Gasteiger partial charge in [-0.25, -0.2) is 0 Å². The molecule has 1 aliphatic heterocycles. The summed E-state index contributed by atoms with van der Waals surface area (Å²) in [6, 6.07) is -1.78. The Bertz CT molecular complexity index is 257. The van der Waals surface area contributed by atoms with Crippen molar-refractivity contribution >= 4 is 5.91 Å². The summed E-state index contributed by atoms with van der Waals surface area (Å²) in [5.74, 6) is -0.688. The molecule has 1 aliphatic rings. The topological polar surface area (TPSA) is 38.3 Å². The summed E-state index contributed by atoms with van der Waals surface area (Å²) in [5.41, 5.74) is -0.623. The van der Waals surface area contributed by atoms with Crippen LogP contribution in [0.3, 0.4) is 0 Å². The van der Waals surface area contributed by atoms with Crippen LogP contribution in [0.4, 0.5) is 13.2 Å². The van der Waals surface area contributed by atoms with E-state index in [0.717, 1.165) is 0 Å². The number of halogens is 3. The third-order valence-corrected chi connectivity index (χ3v) is 1.95. The lowest BCUT2D eigenvalue weighted by Gasteiger charge is -2.23. The summed E-state index contributed by atoms with van der Waals surface area (Å²) >= 11 is 0. The quantitative estimate of drug-likeness (QED) is 0.736. The van der Waals surface area contributed by atoms with Gasteiger partial charge in [-0.1, -0.05) is 0 Å². The van der Waals surface area contributed by atoms with E-state index >= 15 is 0 Å². The van der Waals surface area contributed by atoms with Gasteiger partial charge < -0.3 is 10.1 Å². The van der Waals surface area contributed by atoms with Crippen LogP contribution in [-0.4, -0.2) is 29.8 Å². The van der Waals surface area contributed by atoms with E-state index in [1.165, 1.54) is 0 Å². The van der Waals surface area contributed by atoms with Crippen LogP contribution in [0.2, 0.25) is 0 Å². The predicted octanol–water partition coefficient (Wildman–Crippen LogP) is 1.62. The molecule has 1 N–H and O–H groups in total. The van der Waals surface area contributed by atoms with Crippen molar-refractivity contribution in [1.29, 1.82) is 0 Å². The fourth-order valence-electron chi connectivity index (χ4n) is 1.39. The number of carbonyl (C=O) groups excluding carboxylic acids is 1. The summed E-state index contributed by atoms with van der Waals surface area (Å²) < 4.78 is 42.0. The van der Waals surface area contributed by atoms with E-state index < -0.39 is 29.8 Å². The minimum Gasteiger partial charge on any atom is -0.363 e. The largest absolute Gasteiger partial charge is 0.408 e. The molecule has 0 aromatic heterocycles. The van der Waals surface area contributed by atoms with Crippen LogP contribution in [0.25, 0.3) is 0 Å². The van der Waals surface area contributed by atoms with Gasteiger partial charge >= 0.3 is 6.18 Å². The van der Waals surface area contributed by atoms with Crippen molar-refractivity contribution in [2.45, 2.75) is 51.1 Å². The van der Waals surface area contributed by atoms with Crippen molar-refractivity contribution in [3.05, 3.63) is 0 Å². The zero-order valence-corrected chi connectivity index (χ0v) is 8.81. The average molecular weight is 225 g/mol. The first kappa shape index (κ1) is 12.3. The van der Waals surface area contributed by atoms with Crippen molar-refractivity contribution in [3.8, 4) is 0 Å². The van der Waals surface area contributed by atoms with Crippen LogP contribution in [0.5, 0.6) is 0 Å². The van der Waals surface area contributed by atoms with Gasteiger partial charge in [0.25, 0.3) is 0 Å². The van der Waals surface area contributed by atoms with Crippen molar-refractivity contribution < 1.29 is 22.7 Å². The fraction of sp³-hybridized carbons (Fsp3) is 0.889. The number of hydrogen-bond acceptors (Lipinski definition) is 2. The summed E-state index contributed by atoms with van der Waals surface area (Å²) in [6.07, 6.45) is -5.75. The molecule has 15 heavy (non-hydrogen) atoms. The molecule has 0 aromatic rings. The van der Waals surface area contributed by atoms with E-state index in [-0.39, 0.29) is 6.42 Å². The summed E-state index contributed by atoms with van der Waals surface area (Å²) in [7, 11) is 0. The van der Waals surface area contributed by atoms with Crippen LogP contribution in [-0.2, 0) is 9.53 Å². The van der Waals surface area contributed by atoms with Gasteiger partial charge in [-0.05, 0) is 20.8 Å². The monoisotopic (exact) mass is 225 g/mol. The molecular formula is C9H14F3NO2. The highest BCUT2D eigenvalue weighted by Gasteiger charge is 2.48. The zero-order chi connectivity index (χ0) is 11.9. The van der Waals surface area contributed by atoms with Gasteiger partial charge in [-0.2, -0.15) is 13.2 Å². The van der Waals surface area contributed by atoms with Gasteiger partial charge in [0.2, 0.25) is 5.91 Å². The molecule has 88 valence electrons. The molecule has 0 bridgehead atoms. The third kappa shape index (κ3) is 3.37. The first-order valence-corrected chi connectivity index (χ1v) is 4.64. The number of carbonyl (C=O) groups is 1. The molecular weight excluding hydrogens is 211 g/mol. The number of alkyl halides is 3. The number of amides is 1. The molecule has 0 saturated carbocycles. The average Bonchev–Trinajstić information content (AvgIpc) is 2.27. The first-order valence-electron chi connectivity index (χ1n) is 4.64. The van der Waals surface area contributed by atoms with Gasteiger partial charge in [-0.15, -0.1) is 0 Å². The van der Waals surface area contributed by atoms with Crippen molar-refractivity contribution in [1.82, 2.24) is 5.32 Å². The van der Waals surface area contributed by atoms with Gasteiger partial charge in [-0.3, -0.25) is 4.79 Å². The Morgan fingerprint density at radius 2 is 1.87 bits per heavy atom. The molecule has 2 unspecified atom stereocenters. The normalized spacial score (nSPS) is 28.0. The Hall–Kier alpha value is -0.780. The zero-order valence-electron chi connectivity index (χ0n) is 8.81. The smallest absolute Gasteiger partial charge is 0.363 e. The molecule has 0 spiro atoms. The molecule has 0 radical (unpaired) electrons. The first-order chi connectivity index (χ1) is 6.59. The number of nitrogens with one attached hydrogen (secondary N) is 1. The highest BCUT2D eigenvalue weighted by atomic mass is 19.4. The van der Waals surface area contributed by atoms with E-state index in [1.807, 2.05) is 5.32 Å². The minimum absolute atomic E-state index is 0.348. The number of ether oxygens (including phenoxy) is 1.